The molecule has 1 aliphatic rings. The molecule has 0 saturated heterocycles. The molecule has 0 aromatic carbocycles. The standard InChI is InChI=1S/C12H10BrN3O3S/c1-5-8(11(17)18-2)9(6(3-14)10(15)19-5)7-4-20-12(13)16-7/h4,9H,15H2,1-2H3. The quantitative estimate of drug-likeness (QED) is 0.816. The molecule has 104 valence electrons. The lowest BCUT2D eigenvalue weighted by molar-refractivity contribution is -0.136. The third-order valence-electron chi connectivity index (χ3n) is 2.80. The van der Waals surface area contributed by atoms with Gasteiger partial charge in [-0.1, -0.05) is 0 Å². The van der Waals surface area contributed by atoms with E-state index in [1.54, 1.807) is 12.3 Å². The second-order valence-electron chi connectivity index (χ2n) is 3.91. The predicted molar refractivity (Wildman–Crippen MR) is 75.2 cm³/mol. The van der Waals surface area contributed by atoms with Crippen LogP contribution in [0, 0.1) is 11.3 Å². The summed E-state index contributed by atoms with van der Waals surface area (Å²) < 4.78 is 10.7. The third-order valence-corrected chi connectivity index (χ3v) is 4.18. The van der Waals surface area contributed by atoms with E-state index >= 15 is 0 Å². The molecule has 1 unspecified atom stereocenters. The van der Waals surface area contributed by atoms with E-state index in [1.165, 1.54) is 18.4 Å². The fraction of sp³-hybridized carbons (Fsp3) is 0.250. The lowest BCUT2D eigenvalue weighted by atomic mass is 9.87. The smallest absolute Gasteiger partial charge is 0.338 e. The molecular weight excluding hydrogens is 346 g/mol. The molecule has 0 bridgehead atoms. The maximum Gasteiger partial charge on any atom is 0.338 e. The lowest BCUT2D eigenvalue weighted by Crippen LogP contribution is -2.25. The van der Waals surface area contributed by atoms with E-state index in [0.29, 0.717) is 15.4 Å². The Labute approximate surface area is 127 Å². The summed E-state index contributed by atoms with van der Waals surface area (Å²) in [5.41, 5.74) is 6.66. The fourth-order valence-corrected chi connectivity index (χ4v) is 3.00. The zero-order valence-corrected chi connectivity index (χ0v) is 13.0. The van der Waals surface area contributed by atoms with Gasteiger partial charge in [-0.2, -0.15) is 5.26 Å². The topological polar surface area (TPSA) is 98.2 Å². The van der Waals surface area contributed by atoms with Crippen LogP contribution < -0.4 is 5.73 Å². The van der Waals surface area contributed by atoms with Crippen LogP contribution in [0.25, 0.3) is 0 Å². The fourth-order valence-electron chi connectivity index (χ4n) is 1.95. The number of carbonyl (C=O) groups excluding carboxylic acids is 1. The number of allylic oxidation sites excluding steroid dienone is 2. The first-order valence-corrected chi connectivity index (χ1v) is 7.14. The summed E-state index contributed by atoms with van der Waals surface area (Å²) in [5.74, 6) is -0.963. The number of esters is 1. The Bertz CT molecular complexity index is 672. The number of ether oxygens (including phenoxy) is 2. The van der Waals surface area contributed by atoms with E-state index < -0.39 is 11.9 Å². The number of hydrogen-bond donors (Lipinski definition) is 1. The minimum Gasteiger partial charge on any atom is -0.466 e. The number of halogens is 1. The summed E-state index contributed by atoms with van der Waals surface area (Å²) in [6.45, 7) is 1.60. The number of nitrogens with two attached hydrogens (primary N) is 1. The van der Waals surface area contributed by atoms with Crippen molar-refractivity contribution in [2.45, 2.75) is 12.8 Å². The molecule has 0 amide bonds. The number of nitriles is 1. The lowest BCUT2D eigenvalue weighted by Gasteiger charge is -2.24. The van der Waals surface area contributed by atoms with Crippen molar-refractivity contribution in [3.05, 3.63) is 37.8 Å². The molecule has 1 aromatic rings. The minimum atomic E-state index is -0.677. The first-order chi connectivity index (χ1) is 9.49. The third kappa shape index (κ3) is 2.42. The number of carbonyl (C=O) groups is 1. The van der Waals surface area contributed by atoms with Gasteiger partial charge in [-0.05, 0) is 22.9 Å². The van der Waals surface area contributed by atoms with Gasteiger partial charge in [-0.3, -0.25) is 0 Å². The second kappa shape index (κ2) is 5.64. The number of rotatable bonds is 2. The average Bonchev–Trinajstić information content (AvgIpc) is 2.83. The van der Waals surface area contributed by atoms with Crippen molar-refractivity contribution in [2.24, 2.45) is 5.73 Å². The summed E-state index contributed by atoms with van der Waals surface area (Å²) >= 11 is 4.61. The molecule has 0 radical (unpaired) electrons. The van der Waals surface area contributed by atoms with Crippen molar-refractivity contribution >= 4 is 33.2 Å². The first kappa shape index (κ1) is 14.6. The van der Waals surface area contributed by atoms with Gasteiger partial charge in [0.25, 0.3) is 0 Å². The molecule has 6 nitrogen and oxygen atoms in total. The normalized spacial score (nSPS) is 18.6. The van der Waals surface area contributed by atoms with Crippen LogP contribution in [0.3, 0.4) is 0 Å². The van der Waals surface area contributed by atoms with Crippen LogP contribution in [0.4, 0.5) is 0 Å². The van der Waals surface area contributed by atoms with E-state index in [0.717, 1.165) is 0 Å². The van der Waals surface area contributed by atoms with Crippen molar-refractivity contribution in [1.82, 2.24) is 4.98 Å². The van der Waals surface area contributed by atoms with Gasteiger partial charge >= 0.3 is 5.97 Å². The van der Waals surface area contributed by atoms with Crippen LogP contribution in [0.1, 0.15) is 18.5 Å². The van der Waals surface area contributed by atoms with Gasteiger partial charge in [0.2, 0.25) is 5.88 Å². The monoisotopic (exact) mass is 355 g/mol. The Morgan fingerprint density at radius 2 is 2.40 bits per heavy atom. The summed E-state index contributed by atoms with van der Waals surface area (Å²) in [5, 5.41) is 11.0. The highest BCUT2D eigenvalue weighted by Crippen LogP contribution is 2.40. The Morgan fingerprint density at radius 3 is 2.90 bits per heavy atom. The minimum absolute atomic E-state index is 0.0215. The Kier molecular flexibility index (Phi) is 4.11. The molecule has 20 heavy (non-hydrogen) atoms. The first-order valence-electron chi connectivity index (χ1n) is 5.47. The summed E-state index contributed by atoms with van der Waals surface area (Å²) in [7, 11) is 1.27. The van der Waals surface area contributed by atoms with Crippen LogP contribution in [0.15, 0.2) is 32.1 Å². The molecular formula is C12H10BrN3O3S. The summed E-state index contributed by atoms with van der Waals surface area (Å²) in [6.07, 6.45) is 0. The van der Waals surface area contributed by atoms with Crippen LogP contribution in [0.2, 0.25) is 0 Å². The largest absolute Gasteiger partial charge is 0.466 e. The van der Waals surface area contributed by atoms with Gasteiger partial charge in [0.05, 0.1) is 24.3 Å². The number of nitrogens with zero attached hydrogens (tertiary/aromatic N) is 2. The van der Waals surface area contributed by atoms with Crippen LogP contribution >= 0.6 is 27.3 Å². The Morgan fingerprint density at radius 1 is 1.70 bits per heavy atom. The molecule has 0 saturated carbocycles. The Balaban J connectivity index is 2.62. The molecule has 0 fully saturated rings. The molecule has 1 aliphatic heterocycles. The molecule has 2 heterocycles. The molecule has 2 rings (SSSR count). The van der Waals surface area contributed by atoms with E-state index in [-0.39, 0.29) is 17.0 Å². The van der Waals surface area contributed by atoms with Gasteiger partial charge in [-0.15, -0.1) is 11.3 Å². The van der Waals surface area contributed by atoms with Crippen LogP contribution in [0.5, 0.6) is 0 Å². The van der Waals surface area contributed by atoms with Crippen LogP contribution in [-0.2, 0) is 14.3 Å². The zero-order chi connectivity index (χ0) is 14.9. The molecule has 1 aromatic heterocycles. The van der Waals surface area contributed by atoms with E-state index in [2.05, 4.69) is 20.9 Å². The number of aromatic nitrogens is 1. The molecule has 2 N–H and O–H groups in total. The highest BCUT2D eigenvalue weighted by Gasteiger charge is 2.37. The highest BCUT2D eigenvalue weighted by atomic mass is 79.9. The summed E-state index contributed by atoms with van der Waals surface area (Å²) in [6, 6.07) is 1.98. The molecule has 0 aliphatic carbocycles. The van der Waals surface area contributed by atoms with Crippen molar-refractivity contribution < 1.29 is 14.3 Å². The van der Waals surface area contributed by atoms with Crippen molar-refractivity contribution in [3.8, 4) is 6.07 Å². The van der Waals surface area contributed by atoms with Crippen molar-refractivity contribution in [3.63, 3.8) is 0 Å². The van der Waals surface area contributed by atoms with E-state index in [9.17, 15) is 10.1 Å². The molecule has 1 atom stereocenters. The Hall–Kier alpha value is -1.85. The molecule has 8 heteroatoms. The van der Waals surface area contributed by atoms with Gasteiger partial charge < -0.3 is 15.2 Å². The highest BCUT2D eigenvalue weighted by molar-refractivity contribution is 9.11. The zero-order valence-electron chi connectivity index (χ0n) is 10.6. The van der Waals surface area contributed by atoms with E-state index in [4.69, 9.17) is 15.2 Å². The summed E-state index contributed by atoms with van der Waals surface area (Å²) in [4.78, 5) is 16.2. The van der Waals surface area contributed by atoms with E-state index in [1.807, 2.05) is 6.07 Å². The van der Waals surface area contributed by atoms with Gasteiger partial charge in [0, 0.05) is 5.38 Å². The maximum absolute atomic E-state index is 12.0. The molecule has 0 spiro atoms. The maximum atomic E-state index is 12.0. The second-order valence-corrected chi connectivity index (χ2v) is 6.05. The van der Waals surface area contributed by atoms with Crippen molar-refractivity contribution in [2.75, 3.05) is 7.11 Å². The predicted octanol–water partition coefficient (Wildman–Crippen LogP) is 2.16. The average molecular weight is 356 g/mol. The van der Waals surface area contributed by atoms with Gasteiger partial charge in [0.15, 0.2) is 3.92 Å². The van der Waals surface area contributed by atoms with Crippen LogP contribution in [-0.4, -0.2) is 18.1 Å². The number of thiazole rings is 1. The number of hydrogen-bond acceptors (Lipinski definition) is 7. The van der Waals surface area contributed by atoms with Gasteiger partial charge in [0.1, 0.15) is 17.4 Å². The van der Waals surface area contributed by atoms with Crippen molar-refractivity contribution in [1.29, 1.82) is 5.26 Å². The van der Waals surface area contributed by atoms with Gasteiger partial charge in [-0.25, -0.2) is 9.78 Å². The number of methoxy groups -OCH3 is 1. The SMILES string of the molecule is COC(=O)C1=C(C)OC(N)=C(C#N)C1c1csc(Br)n1.